The van der Waals surface area contributed by atoms with Gasteiger partial charge in [-0.3, -0.25) is 0 Å². The summed E-state index contributed by atoms with van der Waals surface area (Å²) in [4.78, 5) is 18.1. The molecule has 0 aromatic rings. The third-order valence-corrected chi connectivity index (χ3v) is 6.43. The minimum atomic E-state index is -2.43. The molecule has 0 saturated carbocycles. The molecule has 0 aliphatic heterocycles. The molecule has 27 heavy (non-hydrogen) atoms. The highest BCUT2D eigenvalue weighted by atomic mass is 31.2. The van der Waals surface area contributed by atoms with Crippen LogP contribution < -0.4 is 0 Å². The summed E-state index contributed by atoms with van der Waals surface area (Å²) in [5.74, 6) is 0. The SMILES string of the molecule is CCCCCCCCCCOP(OCCCCCCCCCC)OP(O)O. The van der Waals surface area contributed by atoms with Gasteiger partial charge in [-0.2, -0.15) is 0 Å². The van der Waals surface area contributed by atoms with Crippen LogP contribution in [0.1, 0.15) is 117 Å². The smallest absolute Gasteiger partial charge is 0.328 e. The van der Waals surface area contributed by atoms with Crippen molar-refractivity contribution in [3.05, 3.63) is 0 Å². The molecule has 164 valence electrons. The van der Waals surface area contributed by atoms with Gasteiger partial charge in [0.1, 0.15) is 0 Å². The second kappa shape index (κ2) is 22.9. The van der Waals surface area contributed by atoms with Gasteiger partial charge in [0.2, 0.25) is 0 Å². The monoisotopic (exact) mass is 426 g/mol. The fourth-order valence-electron chi connectivity index (χ4n) is 2.89. The largest absolute Gasteiger partial charge is 0.339 e. The molecule has 0 aliphatic rings. The van der Waals surface area contributed by atoms with Crippen LogP contribution in [0.15, 0.2) is 0 Å². The van der Waals surface area contributed by atoms with Crippen LogP contribution in [0, 0.1) is 0 Å². The second-order valence-electron chi connectivity index (χ2n) is 7.17. The van der Waals surface area contributed by atoms with E-state index in [9.17, 15) is 0 Å². The van der Waals surface area contributed by atoms with E-state index in [2.05, 4.69) is 13.8 Å². The topological polar surface area (TPSA) is 68.2 Å². The fraction of sp³-hybridized carbons (Fsp3) is 1.00. The Hall–Kier alpha value is 0.660. The van der Waals surface area contributed by atoms with Gasteiger partial charge >= 0.3 is 17.2 Å². The molecule has 0 aliphatic carbocycles. The molecule has 0 aromatic carbocycles. The van der Waals surface area contributed by atoms with Gasteiger partial charge in [-0.05, 0) is 12.8 Å². The van der Waals surface area contributed by atoms with Gasteiger partial charge in [0.05, 0.1) is 13.2 Å². The highest BCUT2D eigenvalue weighted by Gasteiger charge is 2.17. The van der Waals surface area contributed by atoms with Crippen LogP contribution in [0.2, 0.25) is 0 Å². The summed E-state index contributed by atoms with van der Waals surface area (Å²) in [7, 11) is -4.07. The van der Waals surface area contributed by atoms with Crippen molar-refractivity contribution in [1.82, 2.24) is 0 Å². The molecule has 2 N–H and O–H groups in total. The molecule has 0 atom stereocenters. The zero-order valence-electron chi connectivity index (χ0n) is 17.7. The predicted octanol–water partition coefficient (Wildman–Crippen LogP) is 7.76. The zero-order chi connectivity index (χ0) is 20.0. The minimum Gasteiger partial charge on any atom is -0.328 e. The first-order valence-corrected chi connectivity index (χ1v) is 13.4. The summed E-state index contributed by atoms with van der Waals surface area (Å²) < 4.78 is 16.2. The van der Waals surface area contributed by atoms with Crippen LogP contribution in [0.25, 0.3) is 0 Å². The van der Waals surface area contributed by atoms with Crippen molar-refractivity contribution in [3.8, 4) is 0 Å². The summed E-state index contributed by atoms with van der Waals surface area (Å²) in [5.41, 5.74) is 0. The molecule has 0 heterocycles. The van der Waals surface area contributed by atoms with E-state index in [0.717, 1.165) is 25.7 Å². The molecule has 0 fully saturated rings. The standard InChI is InChI=1S/C20H44O5P2/c1-3-5-7-9-11-13-15-17-19-23-27(25-26(21)22)24-20-18-16-14-12-10-8-6-4-2/h21-22H,3-20H2,1-2H3. The number of unbranched alkanes of at least 4 members (excludes halogenated alkanes) is 14. The van der Waals surface area contributed by atoms with Crippen LogP contribution in [0.5, 0.6) is 0 Å². The quantitative estimate of drug-likeness (QED) is 0.137. The van der Waals surface area contributed by atoms with E-state index in [1.165, 1.54) is 77.0 Å². The maximum Gasteiger partial charge on any atom is 0.339 e. The maximum absolute atomic E-state index is 9.06. The Labute approximate surface area is 170 Å². The minimum absolute atomic E-state index is 0.557. The second-order valence-corrected chi connectivity index (χ2v) is 9.30. The third-order valence-electron chi connectivity index (χ3n) is 4.53. The zero-order valence-corrected chi connectivity index (χ0v) is 19.5. The maximum atomic E-state index is 9.06. The Morgan fingerprint density at radius 3 is 1.19 bits per heavy atom. The average molecular weight is 427 g/mol. The predicted molar refractivity (Wildman–Crippen MR) is 116 cm³/mol. The molecule has 0 unspecified atom stereocenters. The van der Waals surface area contributed by atoms with Crippen molar-refractivity contribution in [3.63, 3.8) is 0 Å². The van der Waals surface area contributed by atoms with E-state index in [-0.39, 0.29) is 0 Å². The summed E-state index contributed by atoms with van der Waals surface area (Å²) in [6.45, 7) is 5.58. The number of hydrogen-bond acceptors (Lipinski definition) is 5. The van der Waals surface area contributed by atoms with E-state index < -0.39 is 17.2 Å². The summed E-state index contributed by atoms with van der Waals surface area (Å²) in [6.07, 6.45) is 19.8. The first-order valence-electron chi connectivity index (χ1n) is 11.1. The molecule has 7 heteroatoms. The molecule has 5 nitrogen and oxygen atoms in total. The Morgan fingerprint density at radius 1 is 0.519 bits per heavy atom. The van der Waals surface area contributed by atoms with Crippen molar-refractivity contribution >= 4 is 17.2 Å². The van der Waals surface area contributed by atoms with E-state index in [4.69, 9.17) is 23.1 Å². The lowest BCUT2D eigenvalue weighted by Crippen LogP contribution is -1.97. The lowest BCUT2D eigenvalue weighted by molar-refractivity contribution is 0.192. The molecule has 0 amide bonds. The first kappa shape index (κ1) is 27.7. The fourth-order valence-corrected chi connectivity index (χ4v) is 4.38. The average Bonchev–Trinajstić information content (AvgIpc) is 2.64. The molecule has 0 bridgehead atoms. The van der Waals surface area contributed by atoms with Crippen LogP contribution in [0.4, 0.5) is 0 Å². The Bertz CT molecular complexity index is 261. The molecule has 0 spiro atoms. The van der Waals surface area contributed by atoms with Gasteiger partial charge in [-0.1, -0.05) is 104 Å². The number of hydrogen-bond donors (Lipinski definition) is 2. The number of rotatable bonds is 22. The Morgan fingerprint density at radius 2 is 0.852 bits per heavy atom. The molecular weight excluding hydrogens is 382 g/mol. The van der Waals surface area contributed by atoms with E-state index in [0.29, 0.717) is 13.2 Å². The Kier molecular flexibility index (Phi) is 23.5. The first-order chi connectivity index (χ1) is 13.2. The van der Waals surface area contributed by atoms with Crippen molar-refractivity contribution in [2.75, 3.05) is 13.2 Å². The van der Waals surface area contributed by atoms with Crippen molar-refractivity contribution in [2.45, 2.75) is 117 Å². The molecule has 0 aromatic heterocycles. The normalized spacial score (nSPS) is 11.8. The van der Waals surface area contributed by atoms with Crippen molar-refractivity contribution < 1.29 is 23.1 Å². The summed E-state index contributed by atoms with van der Waals surface area (Å²) >= 11 is 0. The summed E-state index contributed by atoms with van der Waals surface area (Å²) in [5, 5.41) is 0. The van der Waals surface area contributed by atoms with E-state index in [1.807, 2.05) is 0 Å². The van der Waals surface area contributed by atoms with E-state index in [1.54, 1.807) is 0 Å². The molecule has 0 saturated heterocycles. The van der Waals surface area contributed by atoms with Crippen LogP contribution in [-0.4, -0.2) is 23.0 Å². The molecular formula is C20H44O5P2. The third kappa shape index (κ3) is 22.8. The van der Waals surface area contributed by atoms with Gasteiger partial charge in [0.15, 0.2) is 0 Å². The van der Waals surface area contributed by atoms with Gasteiger partial charge in [-0.15, -0.1) is 0 Å². The van der Waals surface area contributed by atoms with Gasteiger partial charge in [-0.25, -0.2) is 4.31 Å². The highest BCUT2D eigenvalue weighted by molar-refractivity contribution is 7.54. The lowest BCUT2D eigenvalue weighted by atomic mass is 10.1. The van der Waals surface area contributed by atoms with Crippen LogP contribution in [-0.2, 0) is 13.4 Å². The van der Waals surface area contributed by atoms with Crippen LogP contribution >= 0.6 is 17.2 Å². The van der Waals surface area contributed by atoms with Gasteiger partial charge < -0.3 is 18.8 Å². The molecule has 0 radical (unpaired) electrons. The van der Waals surface area contributed by atoms with Gasteiger partial charge in [0.25, 0.3) is 0 Å². The molecule has 0 rings (SSSR count). The van der Waals surface area contributed by atoms with Gasteiger partial charge in [0, 0.05) is 0 Å². The van der Waals surface area contributed by atoms with E-state index >= 15 is 0 Å². The highest BCUT2D eigenvalue weighted by Crippen LogP contribution is 2.50. The Balaban J connectivity index is 3.56. The van der Waals surface area contributed by atoms with Crippen LogP contribution in [0.3, 0.4) is 0 Å². The van der Waals surface area contributed by atoms with Crippen molar-refractivity contribution in [1.29, 1.82) is 0 Å². The van der Waals surface area contributed by atoms with Crippen molar-refractivity contribution in [2.24, 2.45) is 0 Å². The summed E-state index contributed by atoms with van der Waals surface area (Å²) in [6, 6.07) is 0. The lowest BCUT2D eigenvalue weighted by Gasteiger charge is -2.16.